The zero-order valence-electron chi connectivity index (χ0n) is 7.01. The van der Waals surface area contributed by atoms with Crippen molar-refractivity contribution in [3.63, 3.8) is 0 Å². The fourth-order valence-corrected chi connectivity index (χ4v) is 1.30. The molecule has 0 radical (unpaired) electrons. The smallest absolute Gasteiger partial charge is 0.356 e. The summed E-state index contributed by atoms with van der Waals surface area (Å²) in [4.78, 5) is 14.5. The van der Waals surface area contributed by atoms with Crippen molar-refractivity contribution < 1.29 is 9.90 Å². The van der Waals surface area contributed by atoms with Crippen molar-refractivity contribution in [3.8, 4) is 6.07 Å². The minimum Gasteiger partial charge on any atom is -0.476 e. The number of hydrogen-bond acceptors (Lipinski definition) is 3. The lowest BCUT2D eigenvalue weighted by Crippen LogP contribution is -2.03. The van der Waals surface area contributed by atoms with Gasteiger partial charge in [-0.15, -0.1) is 0 Å². The molecule has 0 amide bonds. The van der Waals surface area contributed by atoms with Crippen molar-refractivity contribution in [2.45, 2.75) is 0 Å². The molecule has 2 rings (SSSR count). The van der Waals surface area contributed by atoms with Crippen LogP contribution in [0.5, 0.6) is 0 Å². The topological polar surface area (TPSA) is 78.4 Å². The Labute approximate surface area is 78.8 Å². The molecule has 0 saturated carbocycles. The van der Waals surface area contributed by atoms with E-state index in [4.69, 9.17) is 10.4 Å². The Morgan fingerprint density at radius 1 is 1.57 bits per heavy atom. The molecule has 0 aliphatic carbocycles. The first kappa shape index (κ1) is 8.26. The number of hydrogen-bond donors (Lipinski definition) is 1. The van der Waals surface area contributed by atoms with Gasteiger partial charge in [-0.2, -0.15) is 5.26 Å². The summed E-state index contributed by atoms with van der Waals surface area (Å²) < 4.78 is 1.50. The summed E-state index contributed by atoms with van der Waals surface area (Å²) in [5.41, 5.74) is 0.774. The van der Waals surface area contributed by atoms with Gasteiger partial charge in [-0.3, -0.25) is 0 Å². The fraction of sp³-hybridized carbons (Fsp3) is 0. The van der Waals surface area contributed by atoms with Crippen molar-refractivity contribution in [2.75, 3.05) is 0 Å². The van der Waals surface area contributed by atoms with Crippen LogP contribution in [0.15, 0.2) is 24.5 Å². The lowest BCUT2D eigenvalue weighted by Gasteiger charge is -1.98. The Morgan fingerprint density at radius 2 is 2.36 bits per heavy atom. The normalized spacial score (nSPS) is 9.93. The summed E-state index contributed by atoms with van der Waals surface area (Å²) in [5, 5.41) is 17.5. The molecule has 2 heterocycles. The Hall–Kier alpha value is -2.35. The lowest BCUT2D eigenvalue weighted by molar-refractivity contribution is 0.0692. The van der Waals surface area contributed by atoms with Crippen LogP contribution in [0.3, 0.4) is 0 Å². The second kappa shape index (κ2) is 2.85. The number of aromatic nitrogens is 2. The van der Waals surface area contributed by atoms with Crippen LogP contribution in [-0.4, -0.2) is 20.5 Å². The lowest BCUT2D eigenvalue weighted by atomic mass is 10.3. The average Bonchev–Trinajstić information content (AvgIpc) is 2.59. The van der Waals surface area contributed by atoms with E-state index in [0.717, 1.165) is 0 Å². The third-order valence-corrected chi connectivity index (χ3v) is 1.90. The molecule has 68 valence electrons. The molecule has 2 aromatic rings. The van der Waals surface area contributed by atoms with Gasteiger partial charge in [-0.25, -0.2) is 9.78 Å². The molecule has 0 spiro atoms. The van der Waals surface area contributed by atoms with Crippen LogP contribution in [-0.2, 0) is 0 Å². The molecule has 0 unspecified atom stereocenters. The monoisotopic (exact) mass is 187 g/mol. The van der Waals surface area contributed by atoms with E-state index in [-0.39, 0.29) is 5.69 Å². The highest BCUT2D eigenvalue weighted by Gasteiger charge is 2.11. The van der Waals surface area contributed by atoms with Crippen molar-refractivity contribution in [2.24, 2.45) is 0 Å². The fourth-order valence-electron chi connectivity index (χ4n) is 1.30. The zero-order chi connectivity index (χ0) is 10.1. The van der Waals surface area contributed by atoms with Gasteiger partial charge < -0.3 is 9.51 Å². The molecule has 0 aromatic carbocycles. The maximum Gasteiger partial charge on any atom is 0.356 e. The molecule has 0 saturated heterocycles. The van der Waals surface area contributed by atoms with Crippen LogP contribution in [0.4, 0.5) is 0 Å². The van der Waals surface area contributed by atoms with Gasteiger partial charge in [0.15, 0.2) is 5.69 Å². The van der Waals surface area contributed by atoms with E-state index in [1.807, 2.05) is 6.07 Å². The second-order valence-electron chi connectivity index (χ2n) is 2.67. The minimum atomic E-state index is -1.10. The Kier molecular flexibility index (Phi) is 1.68. The molecule has 0 bridgehead atoms. The van der Waals surface area contributed by atoms with Gasteiger partial charge in [0.2, 0.25) is 0 Å². The van der Waals surface area contributed by atoms with Gasteiger partial charge in [-0.1, -0.05) is 0 Å². The van der Waals surface area contributed by atoms with Crippen LogP contribution in [0.2, 0.25) is 0 Å². The van der Waals surface area contributed by atoms with Crippen LogP contribution in [0, 0.1) is 11.3 Å². The summed E-state index contributed by atoms with van der Waals surface area (Å²) >= 11 is 0. The van der Waals surface area contributed by atoms with E-state index in [1.54, 1.807) is 18.3 Å². The molecule has 5 nitrogen and oxygen atoms in total. The molecular weight excluding hydrogens is 182 g/mol. The summed E-state index contributed by atoms with van der Waals surface area (Å²) in [6.45, 7) is 0. The Morgan fingerprint density at radius 3 is 3.00 bits per heavy atom. The van der Waals surface area contributed by atoms with Gasteiger partial charge in [0.25, 0.3) is 0 Å². The molecule has 14 heavy (non-hydrogen) atoms. The quantitative estimate of drug-likeness (QED) is 0.719. The SMILES string of the molecule is N#Cc1ccc2c(C(=O)O)nccn12. The van der Waals surface area contributed by atoms with Crippen molar-refractivity contribution in [1.82, 2.24) is 9.38 Å². The number of nitrogens with zero attached hydrogens (tertiary/aromatic N) is 3. The highest BCUT2D eigenvalue weighted by molar-refractivity contribution is 5.93. The van der Waals surface area contributed by atoms with Crippen LogP contribution >= 0.6 is 0 Å². The maximum absolute atomic E-state index is 10.8. The van der Waals surface area contributed by atoms with Crippen LogP contribution in [0.1, 0.15) is 16.2 Å². The first-order valence-electron chi connectivity index (χ1n) is 3.83. The molecule has 2 aromatic heterocycles. The van der Waals surface area contributed by atoms with Crippen LogP contribution < -0.4 is 0 Å². The van der Waals surface area contributed by atoms with E-state index in [0.29, 0.717) is 11.2 Å². The predicted octanol–water partition coefficient (Wildman–Crippen LogP) is 0.904. The molecule has 0 aliphatic rings. The predicted molar refractivity (Wildman–Crippen MR) is 46.9 cm³/mol. The second-order valence-corrected chi connectivity index (χ2v) is 2.67. The van der Waals surface area contributed by atoms with Crippen molar-refractivity contribution in [1.29, 1.82) is 5.26 Å². The molecule has 0 atom stereocenters. The van der Waals surface area contributed by atoms with Gasteiger partial charge in [0, 0.05) is 12.4 Å². The molecular formula is C9H5N3O2. The number of nitriles is 1. The number of carbonyl (C=O) groups is 1. The van der Waals surface area contributed by atoms with Crippen molar-refractivity contribution >= 4 is 11.5 Å². The van der Waals surface area contributed by atoms with Gasteiger partial charge in [-0.05, 0) is 12.1 Å². The van der Waals surface area contributed by atoms with Crippen LogP contribution in [0.25, 0.3) is 5.52 Å². The van der Waals surface area contributed by atoms with E-state index in [1.165, 1.54) is 10.6 Å². The number of aromatic carboxylic acids is 1. The first-order chi connectivity index (χ1) is 6.74. The highest BCUT2D eigenvalue weighted by Crippen LogP contribution is 2.12. The number of carboxylic acid groups (broad SMARTS) is 1. The molecule has 5 heteroatoms. The van der Waals surface area contributed by atoms with E-state index in [9.17, 15) is 4.79 Å². The van der Waals surface area contributed by atoms with Gasteiger partial charge in [0.05, 0.1) is 5.52 Å². The molecule has 0 fully saturated rings. The Balaban J connectivity index is 2.85. The highest BCUT2D eigenvalue weighted by atomic mass is 16.4. The van der Waals surface area contributed by atoms with E-state index >= 15 is 0 Å². The standard InChI is InChI=1S/C9H5N3O2/c10-5-6-1-2-7-8(9(13)14)11-3-4-12(6)7/h1-4H,(H,13,14). The van der Waals surface area contributed by atoms with Gasteiger partial charge >= 0.3 is 5.97 Å². The molecule has 0 aliphatic heterocycles. The molecule has 1 N–H and O–H groups in total. The summed E-state index contributed by atoms with van der Waals surface area (Å²) in [5.74, 6) is -1.10. The Bertz CT molecular complexity index is 551. The third kappa shape index (κ3) is 1.02. The first-order valence-corrected chi connectivity index (χ1v) is 3.83. The number of rotatable bonds is 1. The largest absolute Gasteiger partial charge is 0.476 e. The van der Waals surface area contributed by atoms with E-state index in [2.05, 4.69) is 4.98 Å². The van der Waals surface area contributed by atoms with Gasteiger partial charge in [0.1, 0.15) is 11.8 Å². The summed E-state index contributed by atoms with van der Waals surface area (Å²) in [6, 6.07) is 5.08. The summed E-state index contributed by atoms with van der Waals surface area (Å²) in [7, 11) is 0. The average molecular weight is 187 g/mol. The third-order valence-electron chi connectivity index (χ3n) is 1.90. The van der Waals surface area contributed by atoms with E-state index < -0.39 is 5.97 Å². The minimum absolute atomic E-state index is 0.0472. The maximum atomic E-state index is 10.8. The zero-order valence-corrected chi connectivity index (χ0v) is 7.01. The number of fused-ring (bicyclic) bond motifs is 1. The van der Waals surface area contributed by atoms with Crippen molar-refractivity contribution in [3.05, 3.63) is 35.9 Å². The summed E-state index contributed by atoms with van der Waals surface area (Å²) in [6.07, 6.45) is 2.91. The number of carboxylic acids is 1.